The summed E-state index contributed by atoms with van der Waals surface area (Å²) in [6.45, 7) is 6.16. The lowest BCUT2D eigenvalue weighted by atomic mass is 9.77. The van der Waals surface area contributed by atoms with Crippen LogP contribution in [0.2, 0.25) is 5.02 Å². The van der Waals surface area contributed by atoms with E-state index in [4.69, 9.17) is 11.6 Å². The Morgan fingerprint density at radius 1 is 1.05 bits per heavy atom. The molecule has 0 N–H and O–H groups in total. The molecule has 0 saturated heterocycles. The molecule has 2 heteroatoms. The molecule has 19 heavy (non-hydrogen) atoms. The van der Waals surface area contributed by atoms with Gasteiger partial charge in [-0.25, -0.2) is 0 Å². The molecule has 0 fully saturated rings. The predicted octanol–water partition coefficient (Wildman–Crippen LogP) is 4.85. The maximum Gasteiger partial charge on any atom is 0.0995 e. The van der Waals surface area contributed by atoms with E-state index in [1.165, 1.54) is 5.56 Å². The third-order valence-electron chi connectivity index (χ3n) is 3.68. The van der Waals surface area contributed by atoms with Crippen LogP contribution in [0, 0.1) is 18.3 Å². The van der Waals surface area contributed by atoms with Crippen LogP contribution in [-0.2, 0) is 5.41 Å². The van der Waals surface area contributed by atoms with Gasteiger partial charge >= 0.3 is 0 Å². The number of nitriles is 1. The van der Waals surface area contributed by atoms with Crippen LogP contribution < -0.4 is 0 Å². The van der Waals surface area contributed by atoms with Crippen molar-refractivity contribution in [1.82, 2.24) is 0 Å². The van der Waals surface area contributed by atoms with Crippen LogP contribution in [0.15, 0.2) is 42.5 Å². The van der Waals surface area contributed by atoms with E-state index in [2.05, 4.69) is 32.0 Å². The Bertz CT molecular complexity index is 636. The molecule has 2 aromatic rings. The van der Waals surface area contributed by atoms with Crippen molar-refractivity contribution in [2.75, 3.05) is 0 Å². The summed E-state index contributed by atoms with van der Waals surface area (Å²) in [6, 6.07) is 16.4. The predicted molar refractivity (Wildman–Crippen MR) is 79.5 cm³/mol. The molecular weight excluding hydrogens is 254 g/mol. The van der Waals surface area contributed by atoms with Gasteiger partial charge in [0.2, 0.25) is 0 Å². The van der Waals surface area contributed by atoms with Crippen LogP contribution in [0.4, 0.5) is 0 Å². The fourth-order valence-corrected chi connectivity index (χ4v) is 2.40. The summed E-state index contributed by atoms with van der Waals surface area (Å²) in [5.41, 5.74) is 3.58. The highest BCUT2D eigenvalue weighted by Crippen LogP contribution is 2.34. The maximum atomic E-state index is 9.19. The van der Waals surface area contributed by atoms with E-state index in [0.717, 1.165) is 11.1 Å². The molecule has 0 saturated carbocycles. The SMILES string of the molecule is Cc1c(Cl)cc(C(C)(C)c2ccccc2)cc1C#N. The molecule has 0 aliphatic rings. The summed E-state index contributed by atoms with van der Waals surface area (Å²) < 4.78 is 0. The van der Waals surface area contributed by atoms with Crippen molar-refractivity contribution in [3.8, 4) is 6.07 Å². The first-order valence-electron chi connectivity index (χ1n) is 6.23. The average Bonchev–Trinajstić information content (AvgIpc) is 2.42. The standard InChI is InChI=1S/C17H16ClN/c1-12-13(11-19)9-15(10-16(12)18)17(2,3)14-7-5-4-6-8-14/h4-10H,1-3H3. The van der Waals surface area contributed by atoms with Gasteiger partial charge in [-0.15, -0.1) is 0 Å². The quantitative estimate of drug-likeness (QED) is 0.765. The highest BCUT2D eigenvalue weighted by atomic mass is 35.5. The molecule has 0 spiro atoms. The van der Waals surface area contributed by atoms with E-state index in [9.17, 15) is 5.26 Å². The highest BCUT2D eigenvalue weighted by Gasteiger charge is 2.24. The zero-order valence-electron chi connectivity index (χ0n) is 11.4. The molecule has 0 bridgehead atoms. The first-order chi connectivity index (χ1) is 8.96. The van der Waals surface area contributed by atoms with Gasteiger partial charge in [0.15, 0.2) is 0 Å². The molecule has 0 unspecified atom stereocenters. The van der Waals surface area contributed by atoms with E-state index < -0.39 is 0 Å². The molecule has 0 radical (unpaired) electrons. The van der Waals surface area contributed by atoms with Crippen LogP contribution in [0.5, 0.6) is 0 Å². The molecule has 0 aliphatic heterocycles. The molecule has 2 aromatic carbocycles. The summed E-state index contributed by atoms with van der Waals surface area (Å²) in [4.78, 5) is 0. The lowest BCUT2D eigenvalue weighted by molar-refractivity contribution is 0.640. The first kappa shape index (κ1) is 13.6. The van der Waals surface area contributed by atoms with Gasteiger partial charge in [-0.3, -0.25) is 0 Å². The molecular formula is C17H16ClN. The number of hydrogen-bond acceptors (Lipinski definition) is 1. The number of rotatable bonds is 2. The van der Waals surface area contributed by atoms with E-state index in [1.807, 2.05) is 37.3 Å². The van der Waals surface area contributed by atoms with E-state index >= 15 is 0 Å². The molecule has 1 nitrogen and oxygen atoms in total. The normalized spacial score (nSPS) is 11.1. The second-order valence-corrected chi connectivity index (χ2v) is 5.64. The molecule has 0 heterocycles. The number of benzene rings is 2. The second-order valence-electron chi connectivity index (χ2n) is 5.23. The fraction of sp³-hybridized carbons (Fsp3) is 0.235. The Kier molecular flexibility index (Phi) is 3.64. The van der Waals surface area contributed by atoms with Crippen LogP contribution >= 0.6 is 11.6 Å². The van der Waals surface area contributed by atoms with Crippen LogP contribution in [0.3, 0.4) is 0 Å². The Morgan fingerprint density at radius 3 is 2.26 bits per heavy atom. The van der Waals surface area contributed by atoms with Crippen molar-refractivity contribution in [2.24, 2.45) is 0 Å². The highest BCUT2D eigenvalue weighted by molar-refractivity contribution is 6.31. The minimum Gasteiger partial charge on any atom is -0.192 e. The van der Waals surface area contributed by atoms with Gasteiger partial charge in [0.05, 0.1) is 11.6 Å². The minimum absolute atomic E-state index is 0.176. The number of nitrogens with zero attached hydrogens (tertiary/aromatic N) is 1. The zero-order chi connectivity index (χ0) is 14.0. The smallest absolute Gasteiger partial charge is 0.0995 e. The van der Waals surface area contributed by atoms with Crippen LogP contribution in [-0.4, -0.2) is 0 Å². The van der Waals surface area contributed by atoms with Crippen molar-refractivity contribution >= 4 is 11.6 Å². The fourth-order valence-electron chi connectivity index (χ4n) is 2.18. The van der Waals surface area contributed by atoms with Crippen molar-refractivity contribution in [2.45, 2.75) is 26.2 Å². The van der Waals surface area contributed by atoms with E-state index in [-0.39, 0.29) is 5.41 Å². The number of halogens is 1. The Labute approximate surface area is 119 Å². The van der Waals surface area contributed by atoms with Crippen LogP contribution in [0.25, 0.3) is 0 Å². The summed E-state index contributed by atoms with van der Waals surface area (Å²) in [7, 11) is 0. The first-order valence-corrected chi connectivity index (χ1v) is 6.61. The van der Waals surface area contributed by atoms with Gasteiger partial charge < -0.3 is 0 Å². The molecule has 0 aromatic heterocycles. The van der Waals surface area contributed by atoms with Crippen LogP contribution in [0.1, 0.15) is 36.1 Å². The molecule has 0 atom stereocenters. The minimum atomic E-state index is -0.176. The van der Waals surface area contributed by atoms with Gasteiger partial charge in [-0.2, -0.15) is 5.26 Å². The third kappa shape index (κ3) is 2.50. The Morgan fingerprint density at radius 2 is 1.68 bits per heavy atom. The molecule has 2 rings (SSSR count). The summed E-state index contributed by atoms with van der Waals surface area (Å²) in [5, 5.41) is 9.85. The maximum absolute atomic E-state index is 9.19. The van der Waals surface area contributed by atoms with Gasteiger partial charge in [0, 0.05) is 10.4 Å². The topological polar surface area (TPSA) is 23.8 Å². The number of hydrogen-bond donors (Lipinski definition) is 0. The zero-order valence-corrected chi connectivity index (χ0v) is 12.1. The molecule has 96 valence electrons. The van der Waals surface area contributed by atoms with Gasteiger partial charge in [0.25, 0.3) is 0 Å². The van der Waals surface area contributed by atoms with Crippen molar-refractivity contribution in [3.63, 3.8) is 0 Å². The third-order valence-corrected chi connectivity index (χ3v) is 4.07. The summed E-state index contributed by atoms with van der Waals surface area (Å²) >= 11 is 6.24. The lowest BCUT2D eigenvalue weighted by Crippen LogP contribution is -2.19. The van der Waals surface area contributed by atoms with Gasteiger partial charge in [0.1, 0.15) is 0 Å². The second kappa shape index (κ2) is 5.07. The monoisotopic (exact) mass is 269 g/mol. The largest absolute Gasteiger partial charge is 0.192 e. The Balaban J connectivity index is 2.59. The molecule has 0 amide bonds. The summed E-state index contributed by atoms with van der Waals surface area (Å²) in [5.74, 6) is 0. The van der Waals surface area contributed by atoms with E-state index in [0.29, 0.717) is 10.6 Å². The average molecular weight is 270 g/mol. The van der Waals surface area contributed by atoms with Gasteiger partial charge in [-0.1, -0.05) is 55.8 Å². The van der Waals surface area contributed by atoms with Crippen molar-refractivity contribution in [1.29, 1.82) is 5.26 Å². The van der Waals surface area contributed by atoms with Crippen molar-refractivity contribution in [3.05, 3.63) is 69.7 Å². The van der Waals surface area contributed by atoms with E-state index in [1.54, 1.807) is 0 Å². The lowest BCUT2D eigenvalue weighted by Gasteiger charge is -2.27. The molecule has 0 aliphatic carbocycles. The summed E-state index contributed by atoms with van der Waals surface area (Å²) in [6.07, 6.45) is 0. The van der Waals surface area contributed by atoms with Crippen molar-refractivity contribution < 1.29 is 0 Å². The Hall–Kier alpha value is -1.78. The van der Waals surface area contributed by atoms with Gasteiger partial charge in [-0.05, 0) is 35.7 Å².